The number of fused-ring (bicyclic) bond motifs is 1. The van der Waals surface area contributed by atoms with Crippen LogP contribution in [0.5, 0.6) is 0 Å². The van der Waals surface area contributed by atoms with Gasteiger partial charge < -0.3 is 5.32 Å². The summed E-state index contributed by atoms with van der Waals surface area (Å²) in [5.74, 6) is 0.395. The molecule has 146 valence electrons. The first-order chi connectivity index (χ1) is 12.1. The fraction of sp³-hybridized carbons (Fsp3) is 0.667. The molecule has 2 aliphatic heterocycles. The van der Waals surface area contributed by atoms with Crippen molar-refractivity contribution in [1.29, 1.82) is 0 Å². The molecule has 0 aliphatic carbocycles. The number of rotatable bonds is 3. The van der Waals surface area contributed by atoms with Crippen LogP contribution in [0, 0.1) is 5.92 Å². The number of hydrogen-bond donors (Lipinski definition) is 2. The minimum absolute atomic E-state index is 0.0869. The largest absolute Gasteiger partial charge is 0.323 e. The van der Waals surface area contributed by atoms with Gasteiger partial charge in [0.25, 0.3) is 10.0 Å². The van der Waals surface area contributed by atoms with Crippen molar-refractivity contribution in [1.82, 2.24) is 9.03 Å². The SMILES string of the molecule is CCc1sc2c(c1[C@H]1CCN(S(C)(=O)=O)C[C@H]1C)NC(=NC)NS2(=O)=O. The third kappa shape index (κ3) is 3.37. The average molecular weight is 421 g/mol. The van der Waals surface area contributed by atoms with Crippen molar-refractivity contribution in [3.63, 3.8) is 0 Å². The van der Waals surface area contributed by atoms with Crippen molar-refractivity contribution in [2.24, 2.45) is 10.9 Å². The maximum atomic E-state index is 12.6. The van der Waals surface area contributed by atoms with Gasteiger partial charge in [-0.25, -0.2) is 25.9 Å². The molecular formula is C15H24N4O4S3. The molecule has 2 N–H and O–H groups in total. The maximum absolute atomic E-state index is 12.6. The van der Waals surface area contributed by atoms with Gasteiger partial charge in [-0.2, -0.15) is 0 Å². The first-order valence-electron chi connectivity index (χ1n) is 8.45. The number of piperidine rings is 1. The second-order valence-corrected chi connectivity index (χ2v) is 11.7. The first-order valence-corrected chi connectivity index (χ1v) is 12.6. The Hall–Kier alpha value is -1.17. The summed E-state index contributed by atoms with van der Waals surface area (Å²) in [6.45, 7) is 4.92. The third-order valence-electron chi connectivity index (χ3n) is 4.96. The molecule has 3 heterocycles. The summed E-state index contributed by atoms with van der Waals surface area (Å²) in [6.07, 6.45) is 2.62. The Bertz CT molecular complexity index is 950. The van der Waals surface area contributed by atoms with E-state index in [0.717, 1.165) is 16.9 Å². The van der Waals surface area contributed by atoms with Gasteiger partial charge in [-0.1, -0.05) is 13.8 Å². The van der Waals surface area contributed by atoms with E-state index in [1.165, 1.54) is 28.9 Å². The fourth-order valence-corrected chi connectivity index (χ4v) is 7.41. The number of nitrogens with zero attached hydrogens (tertiary/aromatic N) is 2. The highest BCUT2D eigenvalue weighted by molar-refractivity contribution is 7.92. The Balaban J connectivity index is 2.06. The molecule has 0 spiro atoms. The van der Waals surface area contributed by atoms with Crippen molar-refractivity contribution < 1.29 is 16.8 Å². The Morgan fingerprint density at radius 2 is 2.08 bits per heavy atom. The lowest BCUT2D eigenvalue weighted by atomic mass is 9.81. The molecule has 2 aliphatic rings. The normalized spacial score (nSPS) is 27.6. The van der Waals surface area contributed by atoms with E-state index in [9.17, 15) is 16.8 Å². The van der Waals surface area contributed by atoms with Gasteiger partial charge in [0, 0.05) is 25.0 Å². The maximum Gasteiger partial charge on any atom is 0.275 e. The molecule has 0 amide bonds. The summed E-state index contributed by atoms with van der Waals surface area (Å²) in [7, 11) is -5.33. The predicted octanol–water partition coefficient (Wildman–Crippen LogP) is 1.39. The Labute approximate surface area is 158 Å². The number of aliphatic imine (C=N–C) groups is 1. The van der Waals surface area contributed by atoms with Gasteiger partial charge in [-0.3, -0.25) is 4.99 Å². The zero-order valence-corrected chi connectivity index (χ0v) is 17.7. The molecule has 0 unspecified atom stereocenters. The molecule has 0 radical (unpaired) electrons. The molecule has 2 atom stereocenters. The van der Waals surface area contributed by atoms with Crippen LogP contribution in [0.4, 0.5) is 5.69 Å². The van der Waals surface area contributed by atoms with Gasteiger partial charge in [-0.05, 0) is 30.2 Å². The number of anilines is 1. The van der Waals surface area contributed by atoms with Crippen molar-refractivity contribution in [2.75, 3.05) is 31.7 Å². The van der Waals surface area contributed by atoms with Crippen molar-refractivity contribution >= 4 is 43.0 Å². The second-order valence-electron chi connectivity index (χ2n) is 6.75. The molecule has 8 nitrogen and oxygen atoms in total. The van der Waals surface area contributed by atoms with Crippen LogP contribution < -0.4 is 10.0 Å². The van der Waals surface area contributed by atoms with E-state index < -0.39 is 20.0 Å². The highest BCUT2D eigenvalue weighted by Gasteiger charge is 2.39. The highest BCUT2D eigenvalue weighted by Crippen LogP contribution is 2.47. The molecule has 1 aromatic heterocycles. The molecule has 1 fully saturated rings. The molecular weight excluding hydrogens is 396 g/mol. The third-order valence-corrected chi connectivity index (χ3v) is 9.44. The van der Waals surface area contributed by atoms with Crippen LogP contribution >= 0.6 is 11.3 Å². The summed E-state index contributed by atoms with van der Waals surface area (Å²) >= 11 is 1.28. The Kier molecular flexibility index (Phi) is 5.10. The van der Waals surface area contributed by atoms with Gasteiger partial charge in [0.15, 0.2) is 4.21 Å². The lowest BCUT2D eigenvalue weighted by molar-refractivity contribution is 0.250. The van der Waals surface area contributed by atoms with Crippen molar-refractivity contribution in [2.45, 2.75) is 36.8 Å². The minimum Gasteiger partial charge on any atom is -0.323 e. The molecule has 3 rings (SSSR count). The van der Waals surface area contributed by atoms with Crippen LogP contribution in [-0.4, -0.2) is 53.5 Å². The van der Waals surface area contributed by atoms with Crippen molar-refractivity contribution in [3.05, 3.63) is 10.4 Å². The minimum atomic E-state index is -3.64. The Morgan fingerprint density at radius 3 is 2.62 bits per heavy atom. The van der Waals surface area contributed by atoms with Crippen molar-refractivity contribution in [3.8, 4) is 0 Å². The zero-order chi connectivity index (χ0) is 19.3. The van der Waals surface area contributed by atoms with Crippen LogP contribution in [-0.2, 0) is 26.5 Å². The van der Waals surface area contributed by atoms with E-state index in [1.807, 2.05) is 13.8 Å². The average Bonchev–Trinajstić information content (AvgIpc) is 2.92. The predicted molar refractivity (Wildman–Crippen MR) is 104 cm³/mol. The quantitative estimate of drug-likeness (QED) is 0.768. The van der Waals surface area contributed by atoms with E-state index >= 15 is 0 Å². The number of nitrogens with one attached hydrogen (secondary N) is 2. The van der Waals surface area contributed by atoms with E-state index in [1.54, 1.807) is 0 Å². The zero-order valence-electron chi connectivity index (χ0n) is 15.2. The number of thiophene rings is 1. The van der Waals surface area contributed by atoms with E-state index in [2.05, 4.69) is 15.0 Å². The molecule has 1 aromatic rings. The second kappa shape index (κ2) is 6.77. The molecule has 0 aromatic carbocycles. The van der Waals surface area contributed by atoms with Gasteiger partial charge in [-0.15, -0.1) is 11.3 Å². The summed E-state index contributed by atoms with van der Waals surface area (Å²) in [6, 6.07) is 0. The monoisotopic (exact) mass is 420 g/mol. The number of aryl methyl sites for hydroxylation is 1. The van der Waals surface area contributed by atoms with E-state index in [0.29, 0.717) is 25.2 Å². The van der Waals surface area contributed by atoms with E-state index in [4.69, 9.17) is 0 Å². The standard InChI is InChI=1S/C15H24N4O4S3/c1-5-11-12(10-6-7-19(8-9(10)2)25(4,20)21)13-14(24-11)26(22,23)18-15(16-3)17-13/h9-10H,5-8H2,1-4H3,(H2,16,17,18)/t9-,10+/m1/s1. The van der Waals surface area contributed by atoms with Gasteiger partial charge in [0.05, 0.1) is 11.9 Å². The lowest BCUT2D eigenvalue weighted by Gasteiger charge is -2.36. The Morgan fingerprint density at radius 1 is 1.38 bits per heavy atom. The van der Waals surface area contributed by atoms with Crippen LogP contribution in [0.1, 0.15) is 36.6 Å². The number of guanidine groups is 1. The summed E-state index contributed by atoms with van der Waals surface area (Å²) in [5.41, 5.74) is 1.61. The smallest absolute Gasteiger partial charge is 0.275 e. The summed E-state index contributed by atoms with van der Waals surface area (Å²) in [5, 5.41) is 3.12. The molecule has 0 saturated carbocycles. The van der Waals surface area contributed by atoms with Gasteiger partial charge in [0.1, 0.15) is 0 Å². The highest BCUT2D eigenvalue weighted by atomic mass is 32.2. The molecule has 0 bridgehead atoms. The van der Waals surface area contributed by atoms with Gasteiger partial charge in [0.2, 0.25) is 16.0 Å². The molecule has 26 heavy (non-hydrogen) atoms. The summed E-state index contributed by atoms with van der Waals surface area (Å²) < 4.78 is 53.1. The first kappa shape index (κ1) is 19.6. The lowest BCUT2D eigenvalue weighted by Crippen LogP contribution is -2.43. The van der Waals surface area contributed by atoms with Gasteiger partial charge >= 0.3 is 0 Å². The number of sulfonamides is 2. The fourth-order valence-electron chi connectivity index (χ4n) is 3.69. The molecule has 11 heteroatoms. The molecule has 1 saturated heterocycles. The number of hydrogen-bond acceptors (Lipinski definition) is 6. The van der Waals surface area contributed by atoms with Crippen LogP contribution in [0.25, 0.3) is 0 Å². The van der Waals surface area contributed by atoms with Crippen LogP contribution in [0.3, 0.4) is 0 Å². The van der Waals surface area contributed by atoms with Crippen LogP contribution in [0.15, 0.2) is 9.20 Å². The summed E-state index contributed by atoms with van der Waals surface area (Å²) in [4.78, 5) is 4.98. The topological polar surface area (TPSA) is 108 Å². The van der Waals surface area contributed by atoms with E-state index in [-0.39, 0.29) is 22.0 Å². The van der Waals surface area contributed by atoms with Crippen LogP contribution in [0.2, 0.25) is 0 Å².